The Morgan fingerprint density at radius 2 is 2.05 bits per heavy atom. The zero-order valence-corrected chi connectivity index (χ0v) is 14.2. The molecule has 3 nitrogen and oxygen atoms in total. The molecule has 20 heavy (non-hydrogen) atoms. The molecule has 0 unspecified atom stereocenters. The van der Waals surface area contributed by atoms with Crippen LogP contribution in [0.2, 0.25) is 0 Å². The number of benzene rings is 1. The number of rotatable bonds is 5. The van der Waals surface area contributed by atoms with Crippen molar-refractivity contribution in [3.8, 4) is 0 Å². The van der Waals surface area contributed by atoms with Gasteiger partial charge in [0.15, 0.2) is 0 Å². The van der Waals surface area contributed by atoms with E-state index in [4.69, 9.17) is 4.74 Å². The molecule has 0 amide bonds. The van der Waals surface area contributed by atoms with E-state index in [1.807, 2.05) is 7.11 Å². The lowest BCUT2D eigenvalue weighted by Crippen LogP contribution is -2.36. The van der Waals surface area contributed by atoms with Crippen molar-refractivity contribution < 1.29 is 4.74 Å². The largest absolute Gasteiger partial charge is 0.381 e. The molecule has 1 heterocycles. The molecule has 1 aliphatic rings. The van der Waals surface area contributed by atoms with Crippen molar-refractivity contribution in [2.45, 2.75) is 45.4 Å². The smallest absolute Gasteiger partial charge is 0.0605 e. The lowest BCUT2D eigenvalue weighted by molar-refractivity contribution is 0.0819. The number of nitrogens with zero attached hydrogens (tertiary/aromatic N) is 1. The molecule has 1 aliphatic heterocycles. The quantitative estimate of drug-likeness (QED) is 0.886. The summed E-state index contributed by atoms with van der Waals surface area (Å²) in [6.07, 6.45) is 2.65. The van der Waals surface area contributed by atoms with Gasteiger partial charge in [-0.15, -0.1) is 0 Å². The third kappa shape index (κ3) is 4.21. The van der Waals surface area contributed by atoms with Gasteiger partial charge in [-0.1, -0.05) is 19.9 Å². The van der Waals surface area contributed by atoms with Crippen LogP contribution in [0.15, 0.2) is 22.7 Å². The van der Waals surface area contributed by atoms with Gasteiger partial charge in [-0.2, -0.15) is 0 Å². The number of piperidine rings is 1. The fourth-order valence-electron chi connectivity index (χ4n) is 2.57. The summed E-state index contributed by atoms with van der Waals surface area (Å²) in [5, 5.41) is 3.45. The molecular formula is C16H25BrN2O. The second-order valence-corrected chi connectivity index (χ2v) is 6.60. The van der Waals surface area contributed by atoms with E-state index in [2.05, 4.69) is 58.2 Å². The summed E-state index contributed by atoms with van der Waals surface area (Å²) in [5.74, 6) is 0. The summed E-state index contributed by atoms with van der Waals surface area (Å²) in [4.78, 5) is 2.44. The maximum atomic E-state index is 5.43. The molecule has 0 saturated carbocycles. The van der Waals surface area contributed by atoms with Gasteiger partial charge in [0.25, 0.3) is 0 Å². The standard InChI is InChI=1S/C16H25BrN2O/c1-12(2)18-11-13-4-5-16(15(17)10-13)19-8-6-14(20-3)7-9-19/h4-5,10,12,14,18H,6-9,11H2,1-3H3. The summed E-state index contributed by atoms with van der Waals surface area (Å²) in [6, 6.07) is 7.20. The van der Waals surface area contributed by atoms with E-state index in [0.29, 0.717) is 12.1 Å². The first-order chi connectivity index (χ1) is 9.60. The Bertz CT molecular complexity index is 428. The summed E-state index contributed by atoms with van der Waals surface area (Å²) in [5.41, 5.74) is 2.62. The maximum absolute atomic E-state index is 5.43. The molecule has 1 aromatic rings. The van der Waals surface area contributed by atoms with E-state index < -0.39 is 0 Å². The number of hydrogen-bond acceptors (Lipinski definition) is 3. The maximum Gasteiger partial charge on any atom is 0.0605 e. The van der Waals surface area contributed by atoms with Gasteiger partial charge in [-0.25, -0.2) is 0 Å². The molecule has 2 rings (SSSR count). The Kier molecular flexibility index (Phi) is 5.87. The van der Waals surface area contributed by atoms with E-state index in [1.165, 1.54) is 15.7 Å². The highest BCUT2D eigenvalue weighted by molar-refractivity contribution is 9.10. The van der Waals surface area contributed by atoms with Crippen LogP contribution in [0.4, 0.5) is 5.69 Å². The van der Waals surface area contributed by atoms with Gasteiger partial charge in [0.05, 0.1) is 11.8 Å². The monoisotopic (exact) mass is 340 g/mol. The minimum absolute atomic E-state index is 0.430. The Labute approximate surface area is 130 Å². The number of ether oxygens (including phenoxy) is 1. The molecule has 0 aromatic heterocycles. The van der Waals surface area contributed by atoms with Crippen LogP contribution in [0.1, 0.15) is 32.3 Å². The minimum Gasteiger partial charge on any atom is -0.381 e. The predicted molar refractivity (Wildman–Crippen MR) is 88.4 cm³/mol. The number of halogens is 1. The molecule has 0 atom stereocenters. The SMILES string of the molecule is COC1CCN(c2ccc(CNC(C)C)cc2Br)CC1. The van der Waals surface area contributed by atoms with Crippen LogP contribution in [0.25, 0.3) is 0 Å². The Morgan fingerprint density at radius 1 is 1.35 bits per heavy atom. The zero-order chi connectivity index (χ0) is 14.5. The molecule has 112 valence electrons. The van der Waals surface area contributed by atoms with Crippen LogP contribution in [0.3, 0.4) is 0 Å². The first-order valence-electron chi connectivity index (χ1n) is 7.39. The molecule has 1 saturated heterocycles. The molecule has 1 fully saturated rings. The third-order valence-corrected chi connectivity index (χ3v) is 4.48. The lowest BCUT2D eigenvalue weighted by Gasteiger charge is -2.33. The van der Waals surface area contributed by atoms with Crippen molar-refractivity contribution in [3.05, 3.63) is 28.2 Å². The van der Waals surface area contributed by atoms with E-state index >= 15 is 0 Å². The number of methoxy groups -OCH3 is 1. The normalized spacial score (nSPS) is 16.9. The highest BCUT2D eigenvalue weighted by Crippen LogP contribution is 2.30. The van der Waals surface area contributed by atoms with Crippen LogP contribution >= 0.6 is 15.9 Å². The van der Waals surface area contributed by atoms with Crippen molar-refractivity contribution in [1.82, 2.24) is 5.32 Å². The van der Waals surface area contributed by atoms with Gasteiger partial charge in [0, 0.05) is 37.3 Å². The molecule has 0 spiro atoms. The summed E-state index contributed by atoms with van der Waals surface area (Å²) in [6.45, 7) is 7.40. The third-order valence-electron chi connectivity index (χ3n) is 3.84. The van der Waals surface area contributed by atoms with Crippen molar-refractivity contribution in [2.24, 2.45) is 0 Å². The van der Waals surface area contributed by atoms with Crippen LogP contribution in [-0.2, 0) is 11.3 Å². The second kappa shape index (κ2) is 7.43. The highest BCUT2D eigenvalue weighted by Gasteiger charge is 2.20. The first kappa shape index (κ1) is 15.8. The average molecular weight is 341 g/mol. The fraction of sp³-hybridized carbons (Fsp3) is 0.625. The van der Waals surface area contributed by atoms with E-state index in [1.54, 1.807) is 0 Å². The van der Waals surface area contributed by atoms with Crippen LogP contribution in [-0.4, -0.2) is 32.3 Å². The average Bonchev–Trinajstić information content (AvgIpc) is 2.45. The lowest BCUT2D eigenvalue weighted by atomic mass is 10.1. The number of hydrogen-bond donors (Lipinski definition) is 1. The minimum atomic E-state index is 0.430. The Hall–Kier alpha value is -0.580. The van der Waals surface area contributed by atoms with Crippen molar-refractivity contribution >= 4 is 21.6 Å². The zero-order valence-electron chi connectivity index (χ0n) is 12.7. The van der Waals surface area contributed by atoms with Gasteiger partial charge < -0.3 is 15.0 Å². The Balaban J connectivity index is 1.99. The van der Waals surface area contributed by atoms with Gasteiger partial charge in [-0.05, 0) is 46.5 Å². The fourth-order valence-corrected chi connectivity index (χ4v) is 3.25. The van der Waals surface area contributed by atoms with Gasteiger partial charge in [0.1, 0.15) is 0 Å². The van der Waals surface area contributed by atoms with Gasteiger partial charge >= 0.3 is 0 Å². The molecule has 1 N–H and O–H groups in total. The molecule has 0 radical (unpaired) electrons. The molecule has 0 bridgehead atoms. The number of nitrogens with one attached hydrogen (secondary N) is 1. The molecule has 1 aromatic carbocycles. The van der Waals surface area contributed by atoms with Crippen molar-refractivity contribution in [2.75, 3.05) is 25.1 Å². The summed E-state index contributed by atoms with van der Waals surface area (Å²) >= 11 is 3.72. The Morgan fingerprint density at radius 3 is 2.60 bits per heavy atom. The van der Waals surface area contributed by atoms with E-state index in [9.17, 15) is 0 Å². The van der Waals surface area contributed by atoms with E-state index in [0.717, 1.165) is 32.5 Å². The number of anilines is 1. The van der Waals surface area contributed by atoms with Gasteiger partial charge in [0.2, 0.25) is 0 Å². The summed E-state index contributed by atoms with van der Waals surface area (Å²) < 4.78 is 6.62. The highest BCUT2D eigenvalue weighted by atomic mass is 79.9. The van der Waals surface area contributed by atoms with Gasteiger partial charge in [-0.3, -0.25) is 0 Å². The summed E-state index contributed by atoms with van der Waals surface area (Å²) in [7, 11) is 1.81. The van der Waals surface area contributed by atoms with Crippen LogP contribution in [0.5, 0.6) is 0 Å². The van der Waals surface area contributed by atoms with Crippen molar-refractivity contribution in [3.63, 3.8) is 0 Å². The first-order valence-corrected chi connectivity index (χ1v) is 8.19. The second-order valence-electron chi connectivity index (χ2n) is 5.74. The topological polar surface area (TPSA) is 24.5 Å². The molecular weight excluding hydrogens is 316 g/mol. The van der Waals surface area contributed by atoms with Crippen LogP contribution in [0, 0.1) is 0 Å². The molecule has 4 heteroatoms. The molecule has 0 aliphatic carbocycles. The van der Waals surface area contributed by atoms with E-state index in [-0.39, 0.29) is 0 Å². The van der Waals surface area contributed by atoms with Crippen LogP contribution < -0.4 is 10.2 Å². The van der Waals surface area contributed by atoms with Crippen molar-refractivity contribution in [1.29, 1.82) is 0 Å². The predicted octanol–water partition coefficient (Wildman–Crippen LogP) is 3.56.